The zero-order chi connectivity index (χ0) is 5.11. The van der Waals surface area contributed by atoms with Gasteiger partial charge in [0.2, 0.25) is 0 Å². The third-order valence-corrected chi connectivity index (χ3v) is 1.34. The zero-order valence-electron chi connectivity index (χ0n) is 5.78. The Balaban J connectivity index is 0.000000490. The second-order valence-corrected chi connectivity index (χ2v) is 2.05. The summed E-state index contributed by atoms with van der Waals surface area (Å²) in [6, 6.07) is 0. The third kappa shape index (κ3) is 3.56. The molecule has 1 radical (unpaired) electrons. The molecule has 0 unspecified atom stereocenters. The van der Waals surface area contributed by atoms with E-state index in [9.17, 15) is 0 Å². The monoisotopic (exact) mass is 139 g/mol. The number of likely N-dealkylation sites (N-methyl/N-ethyl adjacent to an activating group) is 1. The van der Waals surface area contributed by atoms with E-state index < -0.39 is 0 Å². The predicted octanol–water partition coefficient (Wildman–Crippen LogP) is -0.859. The molecule has 0 atom stereocenters. The summed E-state index contributed by atoms with van der Waals surface area (Å²) < 4.78 is 0. The summed E-state index contributed by atoms with van der Waals surface area (Å²) in [5.74, 6) is 0. The van der Waals surface area contributed by atoms with Gasteiger partial charge in [-0.2, -0.15) is 0 Å². The fourth-order valence-corrected chi connectivity index (χ4v) is 0.777. The number of hydrogen-bond donors (Lipinski definition) is 1. The summed E-state index contributed by atoms with van der Waals surface area (Å²) in [7, 11) is 2.15. The first-order chi connectivity index (χ1) is 3.39. The molecule has 0 amide bonds. The van der Waals surface area contributed by atoms with Gasteiger partial charge < -0.3 is 10.2 Å². The molecule has 43 valence electrons. The van der Waals surface area contributed by atoms with Gasteiger partial charge in [0.15, 0.2) is 0 Å². The number of rotatable bonds is 0. The Bertz CT molecular complexity index is 52.4. The van der Waals surface area contributed by atoms with Gasteiger partial charge in [-0.3, -0.25) is 0 Å². The molecule has 0 aliphatic carbocycles. The minimum Gasteiger partial charge on any atom is -0.314 e. The summed E-state index contributed by atoms with van der Waals surface area (Å²) in [5.41, 5.74) is 0. The van der Waals surface area contributed by atoms with E-state index >= 15 is 0 Å². The fourth-order valence-electron chi connectivity index (χ4n) is 0.777. The van der Waals surface area contributed by atoms with Crippen molar-refractivity contribution >= 4 is 51.4 Å². The maximum Gasteiger partial charge on any atom is 0.0104 e. The topological polar surface area (TPSA) is 15.3 Å². The molecule has 1 aliphatic rings. The van der Waals surface area contributed by atoms with Gasteiger partial charge in [0, 0.05) is 77.6 Å². The number of piperazine rings is 1. The van der Waals surface area contributed by atoms with Gasteiger partial charge >= 0.3 is 0 Å². The summed E-state index contributed by atoms with van der Waals surface area (Å²) >= 11 is 0. The van der Waals surface area contributed by atoms with Crippen LogP contribution in [0.25, 0.3) is 0 Å². The molecule has 3 heteroatoms. The number of hydrogen-bond acceptors (Lipinski definition) is 2. The quantitative estimate of drug-likeness (QED) is 0.439. The predicted molar refractivity (Wildman–Crippen MR) is 36.1 cm³/mol. The Labute approximate surface area is 93.4 Å². The normalized spacial score (nSPS) is 22.1. The van der Waals surface area contributed by atoms with Gasteiger partial charge in [0.25, 0.3) is 0 Å². The van der Waals surface area contributed by atoms with E-state index in [-0.39, 0.29) is 51.4 Å². The van der Waals surface area contributed by atoms with Crippen LogP contribution in [0.4, 0.5) is 0 Å². The van der Waals surface area contributed by atoms with E-state index in [4.69, 9.17) is 0 Å². The Kier molecular flexibility index (Phi) is 6.39. The standard InChI is InChI=1S/C5H12N2.K/c1-7-4-2-6-3-5-7;/h6H,2-5H2,1H3;. The van der Waals surface area contributed by atoms with E-state index in [1.54, 1.807) is 0 Å². The largest absolute Gasteiger partial charge is 0.314 e. The molecule has 1 fully saturated rings. The molecule has 1 heterocycles. The Morgan fingerprint density at radius 2 is 1.75 bits per heavy atom. The van der Waals surface area contributed by atoms with Crippen LogP contribution < -0.4 is 5.32 Å². The molecular weight excluding hydrogens is 127 g/mol. The Hall–Kier alpha value is 1.56. The average molecular weight is 139 g/mol. The van der Waals surface area contributed by atoms with Crippen molar-refractivity contribution in [2.75, 3.05) is 33.2 Å². The van der Waals surface area contributed by atoms with E-state index in [0.29, 0.717) is 0 Å². The van der Waals surface area contributed by atoms with E-state index in [2.05, 4.69) is 17.3 Å². The van der Waals surface area contributed by atoms with Crippen molar-refractivity contribution < 1.29 is 0 Å². The van der Waals surface area contributed by atoms with Crippen molar-refractivity contribution in [1.82, 2.24) is 10.2 Å². The van der Waals surface area contributed by atoms with Gasteiger partial charge in [-0.1, -0.05) is 0 Å². The third-order valence-electron chi connectivity index (χ3n) is 1.34. The van der Waals surface area contributed by atoms with Crippen molar-refractivity contribution in [1.29, 1.82) is 0 Å². The Morgan fingerprint density at radius 1 is 1.25 bits per heavy atom. The molecule has 1 aliphatic heterocycles. The molecule has 0 aromatic rings. The van der Waals surface area contributed by atoms with Crippen molar-refractivity contribution in [3.8, 4) is 0 Å². The van der Waals surface area contributed by atoms with E-state index in [1.165, 1.54) is 13.1 Å². The molecule has 1 rings (SSSR count). The minimum atomic E-state index is 0. The maximum absolute atomic E-state index is 3.27. The van der Waals surface area contributed by atoms with Gasteiger partial charge in [-0.05, 0) is 7.05 Å². The van der Waals surface area contributed by atoms with Gasteiger partial charge in [0.05, 0.1) is 0 Å². The molecule has 1 saturated heterocycles. The van der Waals surface area contributed by atoms with Crippen LogP contribution in [0.1, 0.15) is 0 Å². The van der Waals surface area contributed by atoms with Crippen LogP contribution in [0.2, 0.25) is 0 Å². The molecule has 0 spiro atoms. The minimum absolute atomic E-state index is 0. The van der Waals surface area contributed by atoms with Crippen molar-refractivity contribution in [3.63, 3.8) is 0 Å². The number of nitrogens with one attached hydrogen (secondary N) is 1. The molecule has 2 nitrogen and oxygen atoms in total. The van der Waals surface area contributed by atoms with Gasteiger partial charge in [-0.25, -0.2) is 0 Å². The molecule has 1 N–H and O–H groups in total. The zero-order valence-corrected chi connectivity index (χ0v) is 8.90. The summed E-state index contributed by atoms with van der Waals surface area (Å²) in [6.45, 7) is 4.74. The summed E-state index contributed by atoms with van der Waals surface area (Å²) in [5, 5.41) is 3.27. The van der Waals surface area contributed by atoms with Crippen LogP contribution in [0.5, 0.6) is 0 Å². The summed E-state index contributed by atoms with van der Waals surface area (Å²) in [4.78, 5) is 2.33. The first-order valence-corrected chi connectivity index (χ1v) is 2.79. The molecular formula is C5H12KN2. The van der Waals surface area contributed by atoms with Crippen molar-refractivity contribution in [2.24, 2.45) is 0 Å². The van der Waals surface area contributed by atoms with Gasteiger partial charge in [-0.15, -0.1) is 0 Å². The van der Waals surface area contributed by atoms with Crippen LogP contribution >= 0.6 is 0 Å². The second-order valence-electron chi connectivity index (χ2n) is 2.05. The second kappa shape index (κ2) is 5.35. The van der Waals surface area contributed by atoms with Crippen LogP contribution in [-0.2, 0) is 0 Å². The molecule has 8 heavy (non-hydrogen) atoms. The van der Waals surface area contributed by atoms with Crippen molar-refractivity contribution in [3.05, 3.63) is 0 Å². The average Bonchev–Trinajstić information content (AvgIpc) is 1.69. The van der Waals surface area contributed by atoms with Crippen LogP contribution in [0.3, 0.4) is 0 Å². The fraction of sp³-hybridized carbons (Fsp3) is 1.00. The molecule has 0 bridgehead atoms. The van der Waals surface area contributed by atoms with Crippen LogP contribution in [0, 0.1) is 0 Å². The summed E-state index contributed by atoms with van der Waals surface area (Å²) in [6.07, 6.45) is 0. The van der Waals surface area contributed by atoms with Crippen LogP contribution in [-0.4, -0.2) is 89.5 Å². The van der Waals surface area contributed by atoms with E-state index in [0.717, 1.165) is 13.1 Å². The van der Waals surface area contributed by atoms with Crippen LogP contribution in [0.15, 0.2) is 0 Å². The van der Waals surface area contributed by atoms with E-state index in [1.807, 2.05) is 0 Å². The smallest absolute Gasteiger partial charge is 0.0104 e. The SMILES string of the molecule is CN1CCNCC1.[K]. The molecule has 0 saturated carbocycles. The number of nitrogens with zero attached hydrogens (tertiary/aromatic N) is 1. The maximum atomic E-state index is 3.27. The first-order valence-electron chi connectivity index (χ1n) is 2.79. The molecule has 0 aromatic carbocycles. The first kappa shape index (κ1) is 9.56. The molecule has 0 aromatic heterocycles. The Morgan fingerprint density at radius 3 is 2.00 bits per heavy atom. The van der Waals surface area contributed by atoms with Crippen molar-refractivity contribution in [2.45, 2.75) is 0 Å². The van der Waals surface area contributed by atoms with Gasteiger partial charge in [0.1, 0.15) is 0 Å².